The molecule has 10 nitrogen and oxygen atoms in total. The van der Waals surface area contributed by atoms with E-state index in [1.165, 1.54) is 14.2 Å². The first-order valence-corrected chi connectivity index (χ1v) is 7.93. The lowest BCUT2D eigenvalue weighted by atomic mass is 9.74. The molecule has 3 aliphatic heterocycles. The molecular formula is C15H21N3O7. The largest absolute Gasteiger partial charge is 0.469 e. The van der Waals surface area contributed by atoms with Crippen LogP contribution in [0, 0.1) is 11.8 Å². The highest BCUT2D eigenvalue weighted by atomic mass is 16.6. The van der Waals surface area contributed by atoms with Gasteiger partial charge in [0.15, 0.2) is 0 Å². The van der Waals surface area contributed by atoms with Gasteiger partial charge in [0.25, 0.3) is 0 Å². The molecule has 3 rings (SSSR count). The van der Waals surface area contributed by atoms with Crippen molar-refractivity contribution in [2.24, 2.45) is 22.2 Å². The summed E-state index contributed by atoms with van der Waals surface area (Å²) in [6.45, 7) is 5.20. The lowest BCUT2D eigenvalue weighted by Gasteiger charge is -2.33. The number of hydrogen-bond donors (Lipinski definition) is 0. The maximum absolute atomic E-state index is 12.4. The van der Waals surface area contributed by atoms with Crippen LogP contribution in [0.3, 0.4) is 0 Å². The van der Waals surface area contributed by atoms with Gasteiger partial charge in [-0.05, 0) is 20.8 Å². The van der Waals surface area contributed by atoms with E-state index in [1.807, 2.05) is 0 Å². The average molecular weight is 355 g/mol. The summed E-state index contributed by atoms with van der Waals surface area (Å²) in [5, 5.41) is 9.04. The van der Waals surface area contributed by atoms with E-state index >= 15 is 0 Å². The molecule has 10 heteroatoms. The number of esters is 2. The number of hydrogen-bond acceptors (Lipinski definition) is 9. The predicted molar refractivity (Wildman–Crippen MR) is 80.2 cm³/mol. The van der Waals surface area contributed by atoms with Crippen molar-refractivity contribution in [2.45, 2.75) is 50.7 Å². The minimum atomic E-state index is -0.892. The minimum Gasteiger partial charge on any atom is -0.469 e. The molecule has 25 heavy (non-hydrogen) atoms. The number of rotatable bonds is 2. The normalized spacial score (nSPS) is 35.5. The van der Waals surface area contributed by atoms with Gasteiger partial charge in [0.2, 0.25) is 0 Å². The summed E-state index contributed by atoms with van der Waals surface area (Å²) in [6, 6.07) is -1.17. The second-order valence-electron chi connectivity index (χ2n) is 7.17. The zero-order chi connectivity index (χ0) is 18.5. The standard InChI is InChI=1S/C15H21N3O7/c1-15(2,3)25-14(21)18-9-8(16-17-18)10-6(12(19)22-4)7(11(9)24-10)13(20)23-5/h6-11H,1-5H3/t6-,7+,8+,9-,10-,11+/m0/s1. The van der Waals surface area contributed by atoms with Gasteiger partial charge >= 0.3 is 18.0 Å². The number of nitrogens with zero attached hydrogens (tertiary/aromatic N) is 3. The molecule has 3 aliphatic rings. The van der Waals surface area contributed by atoms with Crippen molar-refractivity contribution < 1.29 is 33.3 Å². The van der Waals surface area contributed by atoms with Crippen LogP contribution < -0.4 is 0 Å². The molecule has 0 aromatic rings. The highest BCUT2D eigenvalue weighted by Crippen LogP contribution is 2.50. The third-order valence-corrected chi connectivity index (χ3v) is 4.52. The third-order valence-electron chi connectivity index (χ3n) is 4.52. The van der Waals surface area contributed by atoms with Crippen LogP contribution in [-0.2, 0) is 28.5 Å². The molecule has 2 saturated heterocycles. The van der Waals surface area contributed by atoms with Crippen LogP contribution in [0.25, 0.3) is 0 Å². The molecule has 6 atom stereocenters. The smallest absolute Gasteiger partial charge is 0.432 e. The van der Waals surface area contributed by atoms with Crippen LogP contribution in [0.5, 0.6) is 0 Å². The Morgan fingerprint density at radius 3 is 2.08 bits per heavy atom. The molecule has 3 heterocycles. The van der Waals surface area contributed by atoms with E-state index in [1.54, 1.807) is 20.8 Å². The van der Waals surface area contributed by atoms with Gasteiger partial charge in [-0.15, -0.1) is 0 Å². The number of methoxy groups -OCH3 is 2. The highest BCUT2D eigenvalue weighted by Gasteiger charge is 2.69. The van der Waals surface area contributed by atoms with Crippen molar-refractivity contribution in [3.63, 3.8) is 0 Å². The monoisotopic (exact) mass is 355 g/mol. The Hall–Kier alpha value is -2.23. The van der Waals surface area contributed by atoms with E-state index in [0.29, 0.717) is 0 Å². The van der Waals surface area contributed by atoms with Crippen LogP contribution in [0.1, 0.15) is 20.8 Å². The van der Waals surface area contributed by atoms with Crippen LogP contribution in [0.15, 0.2) is 10.3 Å². The van der Waals surface area contributed by atoms with E-state index < -0.39 is 59.8 Å². The molecule has 0 unspecified atom stereocenters. The van der Waals surface area contributed by atoms with Gasteiger partial charge in [-0.2, -0.15) is 10.1 Å². The van der Waals surface area contributed by atoms with Crippen molar-refractivity contribution in [1.82, 2.24) is 5.01 Å². The summed E-state index contributed by atoms with van der Waals surface area (Å²) in [5.74, 6) is -2.91. The van der Waals surface area contributed by atoms with E-state index in [9.17, 15) is 14.4 Å². The second-order valence-corrected chi connectivity index (χ2v) is 7.17. The van der Waals surface area contributed by atoms with Gasteiger partial charge in [-0.1, -0.05) is 5.22 Å². The highest BCUT2D eigenvalue weighted by molar-refractivity contribution is 5.85. The average Bonchev–Trinajstić information content (AvgIpc) is 3.20. The van der Waals surface area contributed by atoms with Gasteiger partial charge in [0.1, 0.15) is 29.5 Å². The summed E-state index contributed by atoms with van der Waals surface area (Å²) in [4.78, 5) is 36.7. The first kappa shape index (κ1) is 17.6. The Labute approximate surface area is 144 Å². The lowest BCUT2D eigenvalue weighted by Crippen LogP contribution is -2.55. The van der Waals surface area contributed by atoms with E-state index in [-0.39, 0.29) is 0 Å². The van der Waals surface area contributed by atoms with Crippen molar-refractivity contribution in [1.29, 1.82) is 0 Å². The van der Waals surface area contributed by atoms with Gasteiger partial charge in [-0.3, -0.25) is 9.59 Å². The van der Waals surface area contributed by atoms with E-state index in [2.05, 4.69) is 10.3 Å². The van der Waals surface area contributed by atoms with Crippen molar-refractivity contribution in [3.8, 4) is 0 Å². The van der Waals surface area contributed by atoms with E-state index in [0.717, 1.165) is 5.01 Å². The summed E-state index contributed by atoms with van der Waals surface area (Å²) in [5.41, 5.74) is -0.709. The maximum atomic E-state index is 12.4. The Kier molecular flexibility index (Phi) is 4.18. The Morgan fingerprint density at radius 2 is 1.56 bits per heavy atom. The van der Waals surface area contributed by atoms with Gasteiger partial charge < -0.3 is 18.9 Å². The van der Waals surface area contributed by atoms with Crippen LogP contribution in [0.4, 0.5) is 4.79 Å². The zero-order valence-electron chi connectivity index (χ0n) is 14.7. The van der Waals surface area contributed by atoms with Gasteiger partial charge in [0.05, 0.1) is 26.4 Å². The summed E-state index contributed by atoms with van der Waals surface area (Å²) in [7, 11) is 2.47. The van der Waals surface area contributed by atoms with Crippen LogP contribution in [-0.4, -0.2) is 67.2 Å². The summed E-state index contributed by atoms with van der Waals surface area (Å²) in [6.07, 6.45) is -2.16. The summed E-state index contributed by atoms with van der Waals surface area (Å²) < 4.78 is 20.8. The topological polar surface area (TPSA) is 116 Å². The first-order valence-electron chi connectivity index (χ1n) is 7.93. The molecule has 0 spiro atoms. The molecular weight excluding hydrogens is 334 g/mol. The quantitative estimate of drug-likeness (QED) is 0.529. The maximum Gasteiger partial charge on any atom is 0.432 e. The molecule has 0 radical (unpaired) electrons. The zero-order valence-corrected chi connectivity index (χ0v) is 14.7. The summed E-state index contributed by atoms with van der Waals surface area (Å²) >= 11 is 0. The van der Waals surface area contributed by atoms with Crippen molar-refractivity contribution in [2.75, 3.05) is 14.2 Å². The number of ether oxygens (including phenoxy) is 4. The molecule has 0 aliphatic carbocycles. The number of carbonyl (C=O) groups excluding carboxylic acids is 3. The SMILES string of the molecule is COC(=O)[C@@H]1[C@@H]2O[C@H]([C@@H]1C(=O)OC)[C@@H]1[C@H]2N=NN1C(=O)OC(C)(C)C. The molecule has 0 aromatic heterocycles. The second kappa shape index (κ2) is 5.94. The molecule has 2 bridgehead atoms. The number of fused-ring (bicyclic) bond motifs is 5. The lowest BCUT2D eigenvalue weighted by molar-refractivity contribution is -0.158. The molecule has 0 aromatic carbocycles. The van der Waals surface area contributed by atoms with Crippen molar-refractivity contribution in [3.05, 3.63) is 0 Å². The fourth-order valence-corrected chi connectivity index (χ4v) is 3.63. The molecule has 0 saturated carbocycles. The van der Waals surface area contributed by atoms with Crippen molar-refractivity contribution >= 4 is 18.0 Å². The third kappa shape index (κ3) is 2.74. The molecule has 1 amide bonds. The van der Waals surface area contributed by atoms with Crippen LogP contribution >= 0.6 is 0 Å². The Morgan fingerprint density at radius 1 is 1.00 bits per heavy atom. The van der Waals surface area contributed by atoms with Gasteiger partial charge in [-0.25, -0.2) is 4.79 Å². The molecule has 138 valence electrons. The van der Waals surface area contributed by atoms with Crippen LogP contribution in [0.2, 0.25) is 0 Å². The fourth-order valence-electron chi connectivity index (χ4n) is 3.63. The fraction of sp³-hybridized carbons (Fsp3) is 0.800. The molecule has 2 fully saturated rings. The van der Waals surface area contributed by atoms with E-state index in [4.69, 9.17) is 18.9 Å². The Balaban J connectivity index is 1.87. The number of amides is 1. The molecule has 0 N–H and O–H groups in total. The predicted octanol–water partition coefficient (Wildman–Crippen LogP) is 0.701. The Bertz CT molecular complexity index is 629. The van der Waals surface area contributed by atoms with Gasteiger partial charge in [0, 0.05) is 0 Å². The number of carbonyl (C=O) groups is 3. The first-order chi connectivity index (χ1) is 11.7. The minimum absolute atomic E-state index is 0.553.